The average Bonchev–Trinajstić information content (AvgIpc) is 3.39. The number of hydrogen-bond donors (Lipinski definition) is 1. The molecule has 1 N–H and O–H groups in total. The fourth-order valence-corrected chi connectivity index (χ4v) is 6.01. The second-order valence-corrected chi connectivity index (χ2v) is 10.00. The SMILES string of the molecule is O=C(Nc1nc(CN2CCOCC2)cs1)C1CCCN1S(=O)(=O)c1ccc(F)cc1. The normalized spacial score (nSPS) is 21.0. The topological polar surface area (TPSA) is 91.8 Å². The first-order valence-corrected chi connectivity index (χ1v) is 12.1. The minimum atomic E-state index is -3.89. The van der Waals surface area contributed by atoms with Gasteiger partial charge in [-0.15, -0.1) is 11.3 Å². The molecule has 0 radical (unpaired) electrons. The van der Waals surface area contributed by atoms with Crippen molar-refractivity contribution in [3.63, 3.8) is 0 Å². The Morgan fingerprint density at radius 1 is 1.23 bits per heavy atom. The molecule has 11 heteroatoms. The number of nitrogens with zero attached hydrogens (tertiary/aromatic N) is 3. The van der Waals surface area contributed by atoms with E-state index in [-0.39, 0.29) is 11.4 Å². The molecule has 0 bridgehead atoms. The maximum absolute atomic E-state index is 13.2. The highest BCUT2D eigenvalue weighted by atomic mass is 32.2. The first-order chi connectivity index (χ1) is 14.4. The highest BCUT2D eigenvalue weighted by Crippen LogP contribution is 2.28. The molecule has 162 valence electrons. The van der Waals surface area contributed by atoms with Crippen molar-refractivity contribution in [3.05, 3.63) is 41.2 Å². The van der Waals surface area contributed by atoms with Crippen LogP contribution in [0.1, 0.15) is 18.5 Å². The van der Waals surface area contributed by atoms with Gasteiger partial charge < -0.3 is 10.1 Å². The molecule has 8 nitrogen and oxygen atoms in total. The van der Waals surface area contributed by atoms with E-state index in [1.54, 1.807) is 0 Å². The summed E-state index contributed by atoms with van der Waals surface area (Å²) >= 11 is 1.32. The van der Waals surface area contributed by atoms with Crippen molar-refractivity contribution in [1.82, 2.24) is 14.2 Å². The van der Waals surface area contributed by atoms with E-state index in [0.29, 0.717) is 37.7 Å². The lowest BCUT2D eigenvalue weighted by Crippen LogP contribution is -2.43. The number of carbonyl (C=O) groups is 1. The Bertz CT molecular complexity index is 990. The minimum Gasteiger partial charge on any atom is -0.379 e. The van der Waals surface area contributed by atoms with Gasteiger partial charge in [0.25, 0.3) is 0 Å². The molecule has 2 saturated heterocycles. The monoisotopic (exact) mass is 454 g/mol. The number of anilines is 1. The number of aromatic nitrogens is 1. The molecule has 1 aromatic carbocycles. The summed E-state index contributed by atoms with van der Waals surface area (Å²) in [7, 11) is -3.89. The Kier molecular flexibility index (Phi) is 6.44. The van der Waals surface area contributed by atoms with Gasteiger partial charge in [-0.1, -0.05) is 0 Å². The third-order valence-electron chi connectivity index (χ3n) is 5.20. The quantitative estimate of drug-likeness (QED) is 0.717. The van der Waals surface area contributed by atoms with Gasteiger partial charge in [-0.3, -0.25) is 9.69 Å². The number of hydrogen-bond acceptors (Lipinski definition) is 7. The van der Waals surface area contributed by atoms with Crippen LogP contribution < -0.4 is 5.32 Å². The van der Waals surface area contributed by atoms with Crippen LogP contribution in [-0.4, -0.2) is 67.4 Å². The Morgan fingerprint density at radius 3 is 2.70 bits per heavy atom. The molecule has 2 aromatic rings. The first kappa shape index (κ1) is 21.3. The van der Waals surface area contributed by atoms with Gasteiger partial charge in [0.05, 0.1) is 23.8 Å². The van der Waals surface area contributed by atoms with E-state index in [9.17, 15) is 17.6 Å². The number of halogens is 1. The van der Waals surface area contributed by atoms with Crippen molar-refractivity contribution in [2.24, 2.45) is 0 Å². The van der Waals surface area contributed by atoms with Gasteiger partial charge in [-0.25, -0.2) is 17.8 Å². The van der Waals surface area contributed by atoms with Gasteiger partial charge in [0.2, 0.25) is 15.9 Å². The zero-order valence-corrected chi connectivity index (χ0v) is 17.9. The Balaban J connectivity index is 1.42. The van der Waals surface area contributed by atoms with Crippen LogP contribution in [0, 0.1) is 5.82 Å². The van der Waals surface area contributed by atoms with Crippen LogP contribution in [0.5, 0.6) is 0 Å². The average molecular weight is 455 g/mol. The number of carbonyl (C=O) groups excluding carboxylic acids is 1. The summed E-state index contributed by atoms with van der Waals surface area (Å²) in [5, 5.41) is 5.11. The van der Waals surface area contributed by atoms with Crippen LogP contribution >= 0.6 is 11.3 Å². The number of rotatable bonds is 6. The number of morpholine rings is 1. The van der Waals surface area contributed by atoms with Gasteiger partial charge in [0, 0.05) is 31.6 Å². The standard InChI is InChI=1S/C19H23FN4O4S2/c20-14-3-5-16(6-4-14)30(26,27)24-7-1-2-17(24)18(25)22-19-21-15(13-29-19)12-23-8-10-28-11-9-23/h3-6,13,17H,1-2,7-12H2,(H,21,22,25). The molecular formula is C19H23FN4O4S2. The van der Waals surface area contributed by atoms with E-state index in [2.05, 4.69) is 15.2 Å². The lowest BCUT2D eigenvalue weighted by Gasteiger charge is -2.25. The van der Waals surface area contributed by atoms with Crippen LogP contribution in [0.15, 0.2) is 34.5 Å². The summed E-state index contributed by atoms with van der Waals surface area (Å²) in [5.74, 6) is -0.910. The second-order valence-electron chi connectivity index (χ2n) is 7.25. The molecular weight excluding hydrogens is 431 g/mol. The molecule has 30 heavy (non-hydrogen) atoms. The van der Waals surface area contributed by atoms with Crippen molar-refractivity contribution in [3.8, 4) is 0 Å². The smallest absolute Gasteiger partial charge is 0.244 e. The van der Waals surface area contributed by atoms with E-state index < -0.39 is 27.8 Å². The summed E-state index contributed by atoms with van der Waals surface area (Å²) in [6, 6.07) is 3.83. The Labute approximate surface area is 178 Å². The number of ether oxygens (including phenoxy) is 1. The van der Waals surface area contributed by atoms with E-state index in [1.807, 2.05) is 5.38 Å². The molecule has 1 unspecified atom stereocenters. The summed E-state index contributed by atoms with van der Waals surface area (Å²) in [4.78, 5) is 19.5. The summed E-state index contributed by atoms with van der Waals surface area (Å²) in [6.07, 6.45) is 1.01. The fraction of sp³-hybridized carbons (Fsp3) is 0.474. The lowest BCUT2D eigenvalue weighted by atomic mass is 10.2. The van der Waals surface area contributed by atoms with E-state index in [0.717, 1.165) is 30.9 Å². The maximum Gasteiger partial charge on any atom is 0.244 e. The predicted molar refractivity (Wildman–Crippen MR) is 110 cm³/mol. The van der Waals surface area contributed by atoms with Crippen LogP contribution in [-0.2, 0) is 26.1 Å². The van der Waals surface area contributed by atoms with Crippen molar-refractivity contribution in [2.45, 2.75) is 30.3 Å². The van der Waals surface area contributed by atoms with Crippen molar-refractivity contribution in [2.75, 3.05) is 38.2 Å². The van der Waals surface area contributed by atoms with Gasteiger partial charge in [0.15, 0.2) is 5.13 Å². The van der Waals surface area contributed by atoms with E-state index >= 15 is 0 Å². The first-order valence-electron chi connectivity index (χ1n) is 9.76. The Morgan fingerprint density at radius 2 is 1.97 bits per heavy atom. The third kappa shape index (κ3) is 4.70. The lowest BCUT2D eigenvalue weighted by molar-refractivity contribution is -0.119. The molecule has 1 aromatic heterocycles. The molecule has 0 saturated carbocycles. The minimum absolute atomic E-state index is 0.0226. The molecule has 2 aliphatic rings. The maximum atomic E-state index is 13.2. The summed E-state index contributed by atoms with van der Waals surface area (Å²) in [5.41, 5.74) is 0.861. The molecule has 3 heterocycles. The molecule has 2 aliphatic heterocycles. The second kappa shape index (κ2) is 9.06. The molecule has 1 amide bonds. The number of thiazole rings is 1. The zero-order valence-electron chi connectivity index (χ0n) is 16.3. The van der Waals surface area contributed by atoms with Crippen LogP contribution in [0.2, 0.25) is 0 Å². The fourth-order valence-electron chi connectivity index (χ4n) is 3.65. The van der Waals surface area contributed by atoms with Crippen molar-refractivity contribution in [1.29, 1.82) is 0 Å². The number of sulfonamides is 1. The van der Waals surface area contributed by atoms with Crippen molar-refractivity contribution >= 4 is 32.4 Å². The van der Waals surface area contributed by atoms with Gasteiger partial charge >= 0.3 is 0 Å². The van der Waals surface area contributed by atoms with Crippen LogP contribution in [0.3, 0.4) is 0 Å². The summed E-state index contributed by atoms with van der Waals surface area (Å²) < 4.78 is 45.6. The summed E-state index contributed by atoms with van der Waals surface area (Å²) in [6.45, 7) is 4.03. The van der Waals surface area contributed by atoms with Gasteiger partial charge in [-0.05, 0) is 37.1 Å². The van der Waals surface area contributed by atoms with Crippen LogP contribution in [0.25, 0.3) is 0 Å². The number of benzene rings is 1. The Hall–Kier alpha value is -1.92. The zero-order chi connectivity index (χ0) is 21.1. The molecule has 0 aliphatic carbocycles. The molecule has 2 fully saturated rings. The molecule has 1 atom stereocenters. The van der Waals surface area contributed by atoms with E-state index in [1.165, 1.54) is 27.8 Å². The molecule has 0 spiro atoms. The molecule has 4 rings (SSSR count). The van der Waals surface area contributed by atoms with Gasteiger partial charge in [-0.2, -0.15) is 4.31 Å². The number of amides is 1. The van der Waals surface area contributed by atoms with Crippen LogP contribution in [0.4, 0.5) is 9.52 Å². The largest absolute Gasteiger partial charge is 0.379 e. The highest BCUT2D eigenvalue weighted by molar-refractivity contribution is 7.89. The van der Waals surface area contributed by atoms with Crippen molar-refractivity contribution < 1.29 is 22.3 Å². The highest BCUT2D eigenvalue weighted by Gasteiger charge is 2.39. The van der Waals surface area contributed by atoms with E-state index in [4.69, 9.17) is 4.74 Å². The third-order valence-corrected chi connectivity index (χ3v) is 7.93. The predicted octanol–water partition coefficient (Wildman–Crippen LogP) is 1.91. The van der Waals surface area contributed by atoms with Gasteiger partial charge in [0.1, 0.15) is 11.9 Å². The number of nitrogens with one attached hydrogen (secondary N) is 1.